The second-order valence-electron chi connectivity index (χ2n) is 3.72. The lowest BCUT2D eigenvalue weighted by Crippen LogP contribution is -2.38. The highest BCUT2D eigenvalue weighted by Crippen LogP contribution is 2.13. The minimum absolute atomic E-state index is 0.460. The van der Waals surface area contributed by atoms with Crippen LogP contribution < -0.4 is 5.19 Å². The van der Waals surface area contributed by atoms with E-state index in [1.807, 2.05) is 6.07 Å². The van der Waals surface area contributed by atoms with Gasteiger partial charge >= 0.3 is 0 Å². The van der Waals surface area contributed by atoms with E-state index in [4.69, 9.17) is 23.2 Å². The van der Waals surface area contributed by atoms with Crippen LogP contribution in [0.15, 0.2) is 12.1 Å². The standard InChI is InChI=1S/C8H11Cl2NSi/c1-12(2,3)6-4-5-7(9)11-8(6)10/h4-5H,1-3H3. The van der Waals surface area contributed by atoms with E-state index in [-0.39, 0.29) is 0 Å². The molecule has 0 spiro atoms. The topological polar surface area (TPSA) is 12.9 Å². The van der Waals surface area contributed by atoms with Gasteiger partial charge in [0.15, 0.2) is 0 Å². The van der Waals surface area contributed by atoms with Crippen LogP contribution in [0.5, 0.6) is 0 Å². The summed E-state index contributed by atoms with van der Waals surface area (Å²) in [4.78, 5) is 4.01. The molecule has 4 heteroatoms. The van der Waals surface area contributed by atoms with Crippen LogP contribution in [-0.2, 0) is 0 Å². The summed E-state index contributed by atoms with van der Waals surface area (Å²) in [6.07, 6.45) is 0. The van der Waals surface area contributed by atoms with Crippen molar-refractivity contribution in [1.82, 2.24) is 4.98 Å². The fraction of sp³-hybridized carbons (Fsp3) is 0.375. The Kier molecular flexibility index (Phi) is 2.81. The van der Waals surface area contributed by atoms with E-state index in [9.17, 15) is 0 Å². The zero-order valence-corrected chi connectivity index (χ0v) is 9.87. The minimum Gasteiger partial charge on any atom is -0.225 e. The number of halogens is 2. The second-order valence-corrected chi connectivity index (χ2v) is 9.51. The molecule has 0 unspecified atom stereocenters. The average Bonchev–Trinajstić information content (AvgIpc) is 1.83. The number of pyridine rings is 1. The molecular weight excluding hydrogens is 209 g/mol. The smallest absolute Gasteiger partial charge is 0.130 e. The van der Waals surface area contributed by atoms with E-state index in [1.165, 1.54) is 0 Å². The summed E-state index contributed by atoms with van der Waals surface area (Å²) in [5.74, 6) is 0. The Labute approximate surface area is 83.7 Å². The van der Waals surface area contributed by atoms with Crippen molar-refractivity contribution in [2.45, 2.75) is 19.6 Å². The zero-order valence-electron chi connectivity index (χ0n) is 7.36. The molecule has 0 fully saturated rings. The van der Waals surface area contributed by atoms with Crippen LogP contribution in [0, 0.1) is 0 Å². The maximum atomic E-state index is 5.95. The van der Waals surface area contributed by atoms with E-state index in [2.05, 4.69) is 24.6 Å². The Balaban J connectivity index is 3.19. The van der Waals surface area contributed by atoms with Gasteiger partial charge in [-0.1, -0.05) is 48.9 Å². The molecule has 0 saturated heterocycles. The minimum atomic E-state index is -1.35. The summed E-state index contributed by atoms with van der Waals surface area (Å²) in [6, 6.07) is 3.77. The van der Waals surface area contributed by atoms with Crippen molar-refractivity contribution in [1.29, 1.82) is 0 Å². The highest BCUT2D eigenvalue weighted by atomic mass is 35.5. The van der Waals surface area contributed by atoms with Crippen molar-refractivity contribution in [3.8, 4) is 0 Å². The molecule has 12 heavy (non-hydrogen) atoms. The molecule has 0 bridgehead atoms. The SMILES string of the molecule is C[Si](C)(C)c1ccc(Cl)nc1Cl. The van der Waals surface area contributed by atoms with E-state index in [1.54, 1.807) is 6.07 Å². The Morgan fingerprint density at radius 2 is 1.75 bits per heavy atom. The third-order valence-corrected chi connectivity index (χ3v) is 4.30. The lowest BCUT2D eigenvalue weighted by molar-refractivity contribution is 1.34. The first-order valence-corrected chi connectivity index (χ1v) is 7.99. The van der Waals surface area contributed by atoms with Crippen molar-refractivity contribution in [3.63, 3.8) is 0 Å². The summed E-state index contributed by atoms with van der Waals surface area (Å²) in [5, 5.41) is 2.18. The first kappa shape index (κ1) is 10.0. The fourth-order valence-corrected chi connectivity index (χ4v) is 3.42. The fourth-order valence-electron chi connectivity index (χ4n) is 0.972. The van der Waals surface area contributed by atoms with Gasteiger partial charge in [0.05, 0.1) is 8.07 Å². The molecule has 1 nitrogen and oxygen atoms in total. The lowest BCUT2D eigenvalue weighted by atomic mass is 10.5. The monoisotopic (exact) mass is 219 g/mol. The van der Waals surface area contributed by atoms with Crippen LogP contribution in [0.25, 0.3) is 0 Å². The van der Waals surface area contributed by atoms with Gasteiger partial charge in [0.25, 0.3) is 0 Å². The van der Waals surface area contributed by atoms with Crippen LogP contribution in [0.3, 0.4) is 0 Å². The summed E-state index contributed by atoms with van der Waals surface area (Å²) in [7, 11) is -1.35. The first-order chi connectivity index (χ1) is 5.41. The molecule has 0 N–H and O–H groups in total. The largest absolute Gasteiger partial charge is 0.225 e. The van der Waals surface area contributed by atoms with Crippen LogP contribution in [0.2, 0.25) is 29.9 Å². The van der Waals surface area contributed by atoms with Gasteiger partial charge in [0, 0.05) is 0 Å². The van der Waals surface area contributed by atoms with Crippen LogP contribution in [0.1, 0.15) is 0 Å². The van der Waals surface area contributed by atoms with Crippen LogP contribution >= 0.6 is 23.2 Å². The molecule has 0 amide bonds. The van der Waals surface area contributed by atoms with E-state index in [0.29, 0.717) is 10.3 Å². The Morgan fingerprint density at radius 1 is 1.17 bits per heavy atom. The maximum absolute atomic E-state index is 5.95. The van der Waals surface area contributed by atoms with Gasteiger partial charge in [-0.15, -0.1) is 0 Å². The van der Waals surface area contributed by atoms with Crippen LogP contribution in [-0.4, -0.2) is 13.1 Å². The molecule has 1 aromatic rings. The number of nitrogens with zero attached hydrogens (tertiary/aromatic N) is 1. The number of rotatable bonds is 1. The van der Waals surface area contributed by atoms with Crippen molar-refractivity contribution < 1.29 is 0 Å². The Morgan fingerprint density at radius 3 is 2.17 bits per heavy atom. The average molecular weight is 220 g/mol. The summed E-state index contributed by atoms with van der Waals surface area (Å²) >= 11 is 11.6. The molecule has 66 valence electrons. The predicted octanol–water partition coefficient (Wildman–Crippen LogP) is 2.93. The van der Waals surface area contributed by atoms with Gasteiger partial charge in [-0.2, -0.15) is 0 Å². The molecule has 1 rings (SSSR count). The van der Waals surface area contributed by atoms with Gasteiger partial charge in [0.1, 0.15) is 10.3 Å². The van der Waals surface area contributed by atoms with Gasteiger partial charge in [0.2, 0.25) is 0 Å². The molecule has 0 aromatic carbocycles. The molecule has 0 atom stereocenters. The van der Waals surface area contributed by atoms with Gasteiger partial charge in [-0.05, 0) is 11.3 Å². The second kappa shape index (κ2) is 3.36. The molecule has 0 aliphatic rings. The van der Waals surface area contributed by atoms with Crippen molar-refractivity contribution in [2.75, 3.05) is 0 Å². The number of hydrogen-bond donors (Lipinski definition) is 0. The normalized spacial score (nSPS) is 11.8. The van der Waals surface area contributed by atoms with E-state index < -0.39 is 8.07 Å². The van der Waals surface area contributed by atoms with Gasteiger partial charge < -0.3 is 0 Å². The first-order valence-electron chi connectivity index (χ1n) is 3.74. The molecule has 0 saturated carbocycles. The zero-order chi connectivity index (χ0) is 9.35. The van der Waals surface area contributed by atoms with Crippen molar-refractivity contribution >= 4 is 36.5 Å². The molecule has 1 aromatic heterocycles. The molecule has 0 aliphatic heterocycles. The summed E-state index contributed by atoms with van der Waals surface area (Å²) in [5.41, 5.74) is 0. The highest BCUT2D eigenvalue weighted by Gasteiger charge is 2.20. The number of aromatic nitrogens is 1. The molecule has 0 aliphatic carbocycles. The summed E-state index contributed by atoms with van der Waals surface area (Å²) in [6.45, 7) is 6.68. The van der Waals surface area contributed by atoms with Crippen molar-refractivity contribution in [3.05, 3.63) is 22.4 Å². The van der Waals surface area contributed by atoms with Gasteiger partial charge in [-0.25, -0.2) is 4.98 Å². The third kappa shape index (κ3) is 2.22. The predicted molar refractivity (Wildman–Crippen MR) is 57.2 cm³/mol. The van der Waals surface area contributed by atoms with Gasteiger partial charge in [-0.3, -0.25) is 0 Å². The van der Waals surface area contributed by atoms with Crippen molar-refractivity contribution in [2.24, 2.45) is 0 Å². The Bertz CT molecular complexity index is 294. The lowest BCUT2D eigenvalue weighted by Gasteiger charge is -2.17. The Hall–Kier alpha value is -0.0531. The quantitative estimate of drug-likeness (QED) is 0.523. The number of hydrogen-bond acceptors (Lipinski definition) is 1. The summed E-state index contributed by atoms with van der Waals surface area (Å²) < 4.78 is 0. The maximum Gasteiger partial charge on any atom is 0.130 e. The highest BCUT2D eigenvalue weighted by molar-refractivity contribution is 6.90. The third-order valence-electron chi connectivity index (χ3n) is 1.62. The van der Waals surface area contributed by atoms with Crippen LogP contribution in [0.4, 0.5) is 0 Å². The molecular formula is C8H11Cl2NSi. The molecule has 0 radical (unpaired) electrons. The van der Waals surface area contributed by atoms with E-state index in [0.717, 1.165) is 5.19 Å². The molecule has 1 heterocycles. The van der Waals surface area contributed by atoms with E-state index >= 15 is 0 Å².